The largest absolute Gasteiger partial charge is 0.455 e. The molecule has 0 bridgehead atoms. The molecule has 1 aromatic heterocycles. The summed E-state index contributed by atoms with van der Waals surface area (Å²) in [5, 5.41) is 8.05. The summed E-state index contributed by atoms with van der Waals surface area (Å²) in [7, 11) is -3.70. The Morgan fingerprint density at radius 2 is 1.67 bits per heavy atom. The van der Waals surface area contributed by atoms with E-state index in [1.54, 1.807) is 24.3 Å². The Morgan fingerprint density at radius 3 is 2.27 bits per heavy atom. The average molecular weight is 435 g/mol. The molecule has 0 spiro atoms. The van der Waals surface area contributed by atoms with E-state index in [9.17, 15) is 18.0 Å². The fraction of sp³-hybridized carbons (Fsp3) is 0.400. The number of urea groups is 1. The van der Waals surface area contributed by atoms with E-state index in [1.807, 2.05) is 13.8 Å². The topological polar surface area (TPSA) is 121 Å². The molecule has 2 aromatic rings. The van der Waals surface area contributed by atoms with Gasteiger partial charge in [0.1, 0.15) is 10.7 Å². The molecule has 1 saturated heterocycles. The summed E-state index contributed by atoms with van der Waals surface area (Å²) in [6.07, 6.45) is 1.63. The van der Waals surface area contributed by atoms with Crippen LogP contribution < -0.4 is 16.0 Å². The Balaban J connectivity index is 1.78. The molecule has 1 aliphatic heterocycles. The van der Waals surface area contributed by atoms with Crippen LogP contribution in [0.3, 0.4) is 0 Å². The van der Waals surface area contributed by atoms with Crippen molar-refractivity contribution in [3.63, 3.8) is 0 Å². The van der Waals surface area contributed by atoms with Crippen LogP contribution in [0.25, 0.3) is 0 Å². The van der Waals surface area contributed by atoms with Crippen molar-refractivity contribution >= 4 is 33.3 Å². The molecule has 1 fully saturated rings. The Labute approximate surface area is 175 Å². The summed E-state index contributed by atoms with van der Waals surface area (Å²) < 4.78 is 32.4. The number of hydrogen-bond donors (Lipinski definition) is 3. The van der Waals surface area contributed by atoms with Gasteiger partial charge in [-0.05, 0) is 45.7 Å². The zero-order chi connectivity index (χ0) is 21.9. The Bertz CT molecular complexity index is 1040. The molecule has 30 heavy (non-hydrogen) atoms. The molecular formula is C20H26N4O5S. The molecule has 3 N–H and O–H groups in total. The number of sulfonamides is 1. The number of anilines is 2. The molecule has 3 amide bonds. The van der Waals surface area contributed by atoms with Crippen molar-refractivity contribution in [1.82, 2.24) is 9.62 Å². The summed E-state index contributed by atoms with van der Waals surface area (Å²) >= 11 is 0. The van der Waals surface area contributed by atoms with E-state index in [0.717, 1.165) is 12.8 Å². The minimum absolute atomic E-state index is 0.00253. The van der Waals surface area contributed by atoms with Gasteiger partial charge in [0, 0.05) is 25.2 Å². The minimum Gasteiger partial charge on any atom is -0.455 e. The number of amides is 3. The van der Waals surface area contributed by atoms with Crippen molar-refractivity contribution in [2.75, 3.05) is 23.7 Å². The number of furan rings is 1. The van der Waals surface area contributed by atoms with Crippen molar-refractivity contribution in [3.05, 3.63) is 41.9 Å². The van der Waals surface area contributed by atoms with E-state index in [0.29, 0.717) is 24.5 Å². The maximum Gasteiger partial charge on any atom is 0.319 e. The molecule has 0 aliphatic carbocycles. The van der Waals surface area contributed by atoms with Crippen molar-refractivity contribution in [1.29, 1.82) is 0 Å². The second-order valence-electron chi connectivity index (χ2n) is 7.40. The predicted molar refractivity (Wildman–Crippen MR) is 113 cm³/mol. The summed E-state index contributed by atoms with van der Waals surface area (Å²) in [5.41, 5.74) is 0.761. The van der Waals surface area contributed by atoms with Crippen LogP contribution in [-0.2, 0) is 10.0 Å². The van der Waals surface area contributed by atoms with Gasteiger partial charge in [-0.2, -0.15) is 4.31 Å². The molecule has 10 heteroatoms. The van der Waals surface area contributed by atoms with Gasteiger partial charge in [0.15, 0.2) is 5.76 Å². The number of rotatable bonds is 6. The average Bonchev–Trinajstić information content (AvgIpc) is 3.33. The number of benzene rings is 1. The smallest absolute Gasteiger partial charge is 0.319 e. The lowest BCUT2D eigenvalue weighted by Crippen LogP contribution is -2.34. The quantitative estimate of drug-likeness (QED) is 0.645. The van der Waals surface area contributed by atoms with Crippen LogP contribution in [0.1, 0.15) is 43.0 Å². The van der Waals surface area contributed by atoms with Gasteiger partial charge in [0.25, 0.3) is 5.91 Å². The Morgan fingerprint density at radius 1 is 1.07 bits per heavy atom. The summed E-state index contributed by atoms with van der Waals surface area (Å²) in [6, 6.07) is 7.50. The first-order valence-corrected chi connectivity index (χ1v) is 11.2. The van der Waals surface area contributed by atoms with E-state index in [1.165, 1.54) is 17.3 Å². The van der Waals surface area contributed by atoms with Gasteiger partial charge >= 0.3 is 6.03 Å². The van der Waals surface area contributed by atoms with Gasteiger partial charge in [-0.1, -0.05) is 12.1 Å². The molecular weight excluding hydrogens is 408 g/mol. The zero-order valence-corrected chi connectivity index (χ0v) is 18.0. The van der Waals surface area contributed by atoms with Gasteiger partial charge in [-0.3, -0.25) is 4.79 Å². The molecule has 9 nitrogen and oxygen atoms in total. The van der Waals surface area contributed by atoms with E-state index in [4.69, 9.17) is 4.42 Å². The molecule has 2 heterocycles. The molecule has 0 unspecified atom stereocenters. The highest BCUT2D eigenvalue weighted by molar-refractivity contribution is 7.89. The lowest BCUT2D eigenvalue weighted by atomic mass is 10.2. The van der Waals surface area contributed by atoms with Crippen molar-refractivity contribution in [2.24, 2.45) is 0 Å². The lowest BCUT2D eigenvalue weighted by Gasteiger charge is -2.14. The highest BCUT2D eigenvalue weighted by atomic mass is 32.2. The van der Waals surface area contributed by atoms with Crippen LogP contribution >= 0.6 is 0 Å². The highest BCUT2D eigenvalue weighted by Crippen LogP contribution is 2.28. The molecule has 1 aliphatic rings. The standard InChI is InChI=1S/C20H26N4O5S/c1-13(2)21-20(26)23-16-9-5-4-8-15(16)22-19(25)17-12-18(14(3)29-17)30(27,28)24-10-6-7-11-24/h4-5,8-9,12-13H,6-7,10-11H2,1-3H3,(H,22,25)(H2,21,23,26). The van der Waals surface area contributed by atoms with Gasteiger partial charge in [0.2, 0.25) is 10.0 Å². The SMILES string of the molecule is Cc1oc(C(=O)Nc2ccccc2NC(=O)NC(C)C)cc1S(=O)(=O)N1CCCC1. The van der Waals surface area contributed by atoms with Crippen LogP contribution in [0.4, 0.5) is 16.2 Å². The number of carbonyl (C=O) groups excluding carboxylic acids is 2. The van der Waals surface area contributed by atoms with E-state index in [2.05, 4.69) is 16.0 Å². The molecule has 0 radical (unpaired) electrons. The van der Waals surface area contributed by atoms with Crippen molar-refractivity contribution in [2.45, 2.75) is 44.6 Å². The normalized spacial score (nSPS) is 14.7. The second kappa shape index (κ2) is 8.88. The fourth-order valence-corrected chi connectivity index (χ4v) is 4.88. The third kappa shape index (κ3) is 4.82. The summed E-state index contributed by atoms with van der Waals surface area (Å²) in [6.45, 7) is 6.12. The van der Waals surface area contributed by atoms with E-state index >= 15 is 0 Å². The van der Waals surface area contributed by atoms with Crippen LogP contribution in [0.15, 0.2) is 39.6 Å². The summed E-state index contributed by atoms with van der Waals surface area (Å²) in [4.78, 5) is 24.7. The van der Waals surface area contributed by atoms with Crippen LogP contribution in [0, 0.1) is 6.92 Å². The number of para-hydroxylation sites is 2. The van der Waals surface area contributed by atoms with Gasteiger partial charge in [-0.15, -0.1) is 0 Å². The van der Waals surface area contributed by atoms with E-state index in [-0.39, 0.29) is 22.5 Å². The lowest BCUT2D eigenvalue weighted by molar-refractivity contribution is 0.0995. The van der Waals surface area contributed by atoms with Gasteiger partial charge in [0.05, 0.1) is 11.4 Å². The molecule has 3 rings (SSSR count). The van der Waals surface area contributed by atoms with Crippen LogP contribution in [0.2, 0.25) is 0 Å². The van der Waals surface area contributed by atoms with E-state index < -0.39 is 22.0 Å². The van der Waals surface area contributed by atoms with Crippen molar-refractivity contribution in [3.8, 4) is 0 Å². The predicted octanol–water partition coefficient (Wildman–Crippen LogP) is 3.15. The highest BCUT2D eigenvalue weighted by Gasteiger charge is 2.31. The van der Waals surface area contributed by atoms with Gasteiger partial charge < -0.3 is 20.4 Å². The Kier molecular flexibility index (Phi) is 6.47. The van der Waals surface area contributed by atoms with Gasteiger partial charge in [-0.25, -0.2) is 13.2 Å². The third-order valence-corrected chi connectivity index (χ3v) is 6.63. The number of nitrogens with zero attached hydrogens (tertiary/aromatic N) is 1. The number of aryl methyl sites for hydroxylation is 1. The number of carbonyl (C=O) groups is 2. The maximum absolute atomic E-state index is 12.8. The number of hydrogen-bond acceptors (Lipinski definition) is 5. The number of nitrogens with one attached hydrogen (secondary N) is 3. The third-order valence-electron chi connectivity index (χ3n) is 4.62. The van der Waals surface area contributed by atoms with Crippen LogP contribution in [0.5, 0.6) is 0 Å². The molecule has 1 aromatic carbocycles. The first-order chi connectivity index (χ1) is 14.2. The van der Waals surface area contributed by atoms with Crippen molar-refractivity contribution < 1.29 is 22.4 Å². The van der Waals surface area contributed by atoms with Crippen LogP contribution in [-0.4, -0.2) is 43.8 Å². The second-order valence-corrected chi connectivity index (χ2v) is 9.30. The maximum atomic E-state index is 12.8. The molecule has 0 atom stereocenters. The molecule has 162 valence electrons. The minimum atomic E-state index is -3.70. The monoisotopic (exact) mass is 434 g/mol. The zero-order valence-electron chi connectivity index (χ0n) is 17.2. The first kappa shape index (κ1) is 21.8. The first-order valence-electron chi connectivity index (χ1n) is 9.77. The molecule has 0 saturated carbocycles. The fourth-order valence-electron chi connectivity index (χ4n) is 3.21. The summed E-state index contributed by atoms with van der Waals surface area (Å²) in [5.74, 6) is -0.569. The Hall–Kier alpha value is -2.85.